The van der Waals surface area contributed by atoms with Crippen molar-refractivity contribution in [3.05, 3.63) is 42.5 Å². The number of rotatable bonds is 12. The minimum Gasteiger partial charge on any atom is -0.748 e. The molecule has 0 aliphatic carbocycles. The van der Waals surface area contributed by atoms with Gasteiger partial charge >= 0.3 is 0 Å². The Morgan fingerprint density at radius 2 is 1.72 bits per heavy atom. The van der Waals surface area contributed by atoms with E-state index in [9.17, 15) is 13.0 Å². The van der Waals surface area contributed by atoms with Crippen LogP contribution in [0.5, 0.6) is 0 Å². The predicted octanol–water partition coefficient (Wildman–Crippen LogP) is 5.14. The third-order valence-electron chi connectivity index (χ3n) is 5.52. The monoisotopic (exact) mass is 482 g/mol. The summed E-state index contributed by atoms with van der Waals surface area (Å²) in [7, 11) is -1.91. The molecule has 2 atom stereocenters. The summed E-state index contributed by atoms with van der Waals surface area (Å²) < 4.78 is 41.4. The second-order valence-electron chi connectivity index (χ2n) is 8.14. The highest BCUT2D eigenvalue weighted by molar-refractivity contribution is 7.97. The second kappa shape index (κ2) is 14.9. The number of fused-ring (bicyclic) bond motifs is 1. The van der Waals surface area contributed by atoms with Crippen molar-refractivity contribution in [2.75, 3.05) is 37.6 Å². The maximum absolute atomic E-state index is 10.2. The van der Waals surface area contributed by atoms with E-state index >= 15 is 0 Å². The standard InChI is InChI=1S/C17H21O2S.C8H18O3S/c1-18-10-11-19-15-9-12-20(13-15)17-8-4-6-14-5-2-3-7-16(14)17;1-2-3-4-5-6-7-8-12(9,10)11/h2-8,15H,9-13H2,1H3;2-8H2,1H3,(H,9,10,11)/q+1;/p-1. The largest absolute Gasteiger partial charge is 0.748 e. The lowest BCUT2D eigenvalue weighted by atomic mass is 10.1. The normalized spacial score (nSPS) is 18.5. The summed E-state index contributed by atoms with van der Waals surface area (Å²) in [5.41, 5.74) is 0. The van der Waals surface area contributed by atoms with Crippen molar-refractivity contribution >= 4 is 31.8 Å². The molecule has 3 rings (SSSR count). The molecule has 1 aliphatic heterocycles. The van der Waals surface area contributed by atoms with Gasteiger partial charge in [0.05, 0.1) is 23.3 Å². The van der Waals surface area contributed by atoms with Crippen LogP contribution in [0, 0.1) is 0 Å². The molecule has 1 fully saturated rings. The summed E-state index contributed by atoms with van der Waals surface area (Å²) in [6, 6.07) is 15.4. The van der Waals surface area contributed by atoms with Crippen LogP contribution in [-0.2, 0) is 30.5 Å². The Balaban J connectivity index is 0.000000262. The van der Waals surface area contributed by atoms with Gasteiger partial charge in [-0.3, -0.25) is 0 Å². The Kier molecular flexibility index (Phi) is 12.6. The molecule has 1 saturated heterocycles. The molecule has 0 N–H and O–H groups in total. The number of hydrogen-bond donors (Lipinski definition) is 0. The molecule has 32 heavy (non-hydrogen) atoms. The highest BCUT2D eigenvalue weighted by Crippen LogP contribution is 2.30. The van der Waals surface area contributed by atoms with Crippen LogP contribution in [0.4, 0.5) is 0 Å². The predicted molar refractivity (Wildman–Crippen MR) is 133 cm³/mol. The molecule has 0 saturated carbocycles. The highest BCUT2D eigenvalue weighted by Gasteiger charge is 2.36. The summed E-state index contributed by atoms with van der Waals surface area (Å²) in [5.74, 6) is 2.22. The van der Waals surface area contributed by atoms with Gasteiger partial charge in [-0.25, -0.2) is 8.42 Å². The zero-order chi connectivity index (χ0) is 23.2. The smallest absolute Gasteiger partial charge is 0.162 e. The third kappa shape index (κ3) is 10.2. The number of methoxy groups -OCH3 is 1. The molecule has 0 spiro atoms. The van der Waals surface area contributed by atoms with Gasteiger partial charge in [0, 0.05) is 35.6 Å². The van der Waals surface area contributed by atoms with E-state index in [0.717, 1.165) is 25.0 Å². The Bertz CT molecular complexity index is 880. The molecular weight excluding hydrogens is 444 g/mol. The van der Waals surface area contributed by atoms with Crippen LogP contribution in [-0.4, -0.2) is 56.7 Å². The first-order valence-electron chi connectivity index (χ1n) is 11.6. The van der Waals surface area contributed by atoms with E-state index in [2.05, 4.69) is 49.4 Å². The van der Waals surface area contributed by atoms with E-state index in [-0.39, 0.29) is 5.75 Å². The Labute approximate surface area is 197 Å². The van der Waals surface area contributed by atoms with Crippen LogP contribution in [0.2, 0.25) is 0 Å². The van der Waals surface area contributed by atoms with E-state index in [1.807, 2.05) is 0 Å². The zero-order valence-electron chi connectivity index (χ0n) is 19.5. The van der Waals surface area contributed by atoms with Gasteiger partial charge in [0.25, 0.3) is 0 Å². The molecule has 0 aromatic heterocycles. The quantitative estimate of drug-likeness (QED) is 0.238. The van der Waals surface area contributed by atoms with Crippen molar-refractivity contribution in [2.45, 2.75) is 62.9 Å². The lowest BCUT2D eigenvalue weighted by Gasteiger charge is -2.08. The molecule has 2 unspecified atom stereocenters. The summed E-state index contributed by atoms with van der Waals surface area (Å²) in [6.07, 6.45) is 7.54. The minimum atomic E-state index is -3.97. The van der Waals surface area contributed by atoms with Gasteiger partial charge in [0.2, 0.25) is 0 Å². The van der Waals surface area contributed by atoms with Gasteiger partial charge in [0.1, 0.15) is 17.6 Å². The van der Waals surface area contributed by atoms with Crippen LogP contribution >= 0.6 is 0 Å². The van der Waals surface area contributed by atoms with Crippen LogP contribution < -0.4 is 0 Å². The fourth-order valence-electron chi connectivity index (χ4n) is 3.80. The topological polar surface area (TPSA) is 75.7 Å². The van der Waals surface area contributed by atoms with Gasteiger partial charge in [-0.2, -0.15) is 0 Å². The first kappa shape index (κ1) is 27.1. The molecule has 180 valence electrons. The SMILES string of the molecule is CCCCCCCCS(=O)(=O)[O-].COCCOC1CC[S+](c2cccc3ccccc23)C1. The summed E-state index contributed by atoms with van der Waals surface area (Å²) in [6.45, 7) is 3.54. The van der Waals surface area contributed by atoms with Crippen LogP contribution in [0.1, 0.15) is 51.9 Å². The maximum Gasteiger partial charge on any atom is 0.162 e. The van der Waals surface area contributed by atoms with Gasteiger partial charge < -0.3 is 14.0 Å². The van der Waals surface area contributed by atoms with Crippen molar-refractivity contribution < 1.29 is 22.4 Å². The molecule has 0 radical (unpaired) electrons. The van der Waals surface area contributed by atoms with Gasteiger partial charge in [-0.15, -0.1) is 0 Å². The number of unbranched alkanes of at least 4 members (excludes halogenated alkanes) is 5. The van der Waals surface area contributed by atoms with Crippen molar-refractivity contribution in [2.24, 2.45) is 0 Å². The van der Waals surface area contributed by atoms with Gasteiger partial charge in [-0.05, 0) is 23.9 Å². The molecule has 0 amide bonds. The number of benzene rings is 2. The van der Waals surface area contributed by atoms with Crippen molar-refractivity contribution in [1.82, 2.24) is 0 Å². The van der Waals surface area contributed by atoms with Crippen molar-refractivity contribution in [1.29, 1.82) is 0 Å². The van der Waals surface area contributed by atoms with E-state index in [0.29, 0.717) is 36.6 Å². The fourth-order valence-corrected chi connectivity index (χ4v) is 6.95. The summed E-state index contributed by atoms with van der Waals surface area (Å²) in [4.78, 5) is 1.51. The molecule has 2 aromatic rings. The lowest BCUT2D eigenvalue weighted by Crippen LogP contribution is -2.17. The highest BCUT2D eigenvalue weighted by atomic mass is 32.2. The number of hydrogen-bond acceptors (Lipinski definition) is 5. The Hall–Kier alpha value is -1.12. The Morgan fingerprint density at radius 3 is 2.47 bits per heavy atom. The lowest BCUT2D eigenvalue weighted by molar-refractivity contribution is 0.0301. The molecular formula is C25H38O5S2. The number of ether oxygens (including phenoxy) is 2. The van der Waals surface area contributed by atoms with E-state index in [4.69, 9.17) is 9.47 Å². The van der Waals surface area contributed by atoms with Crippen LogP contribution in [0.3, 0.4) is 0 Å². The first-order valence-corrected chi connectivity index (χ1v) is 14.8. The maximum atomic E-state index is 10.2. The second-order valence-corrected chi connectivity index (χ2v) is 11.8. The first-order chi connectivity index (χ1) is 15.4. The third-order valence-corrected chi connectivity index (χ3v) is 8.79. The summed E-state index contributed by atoms with van der Waals surface area (Å²) in [5, 5.41) is 2.76. The van der Waals surface area contributed by atoms with E-state index in [1.165, 1.54) is 40.7 Å². The minimum absolute atomic E-state index is 0.195. The van der Waals surface area contributed by atoms with E-state index < -0.39 is 10.1 Å². The van der Waals surface area contributed by atoms with Crippen LogP contribution in [0.15, 0.2) is 47.4 Å². The molecule has 5 nitrogen and oxygen atoms in total. The molecule has 1 aliphatic rings. The molecule has 1 heterocycles. The van der Waals surface area contributed by atoms with Gasteiger partial charge in [-0.1, -0.05) is 69.4 Å². The van der Waals surface area contributed by atoms with Crippen molar-refractivity contribution in [3.8, 4) is 0 Å². The zero-order valence-corrected chi connectivity index (χ0v) is 21.1. The average molecular weight is 483 g/mol. The molecule has 2 aromatic carbocycles. The fraction of sp³-hybridized carbons (Fsp3) is 0.600. The van der Waals surface area contributed by atoms with Gasteiger partial charge in [0.15, 0.2) is 4.90 Å². The van der Waals surface area contributed by atoms with Crippen molar-refractivity contribution in [3.63, 3.8) is 0 Å². The molecule has 0 bridgehead atoms. The summed E-state index contributed by atoms with van der Waals surface area (Å²) >= 11 is 0. The molecule has 7 heteroatoms. The Morgan fingerprint density at radius 1 is 1.00 bits per heavy atom. The van der Waals surface area contributed by atoms with E-state index in [1.54, 1.807) is 7.11 Å². The van der Waals surface area contributed by atoms with Crippen LogP contribution in [0.25, 0.3) is 10.8 Å². The average Bonchev–Trinajstić information content (AvgIpc) is 3.24.